The molecule has 0 aliphatic heterocycles. The van der Waals surface area contributed by atoms with E-state index in [0.29, 0.717) is 24.6 Å². The lowest BCUT2D eigenvalue weighted by Crippen LogP contribution is -2.20. The molecule has 16 heavy (non-hydrogen) atoms. The second kappa shape index (κ2) is 6.25. The van der Waals surface area contributed by atoms with E-state index in [1.54, 1.807) is 12.1 Å². The molecule has 0 bridgehead atoms. The lowest BCUT2D eigenvalue weighted by Gasteiger charge is -2.09. The average Bonchev–Trinajstić information content (AvgIpc) is 2.24. The van der Waals surface area contributed by atoms with E-state index in [4.69, 9.17) is 10.6 Å². The molecule has 1 amide bonds. The number of carbonyl (C=O) groups is 1. The summed E-state index contributed by atoms with van der Waals surface area (Å²) >= 11 is 0. The van der Waals surface area contributed by atoms with Gasteiger partial charge in [-0.1, -0.05) is 32.0 Å². The molecule has 1 aromatic rings. The molecule has 0 atom stereocenters. The van der Waals surface area contributed by atoms with Crippen molar-refractivity contribution in [2.75, 3.05) is 6.61 Å². The van der Waals surface area contributed by atoms with Crippen molar-refractivity contribution in [2.45, 2.75) is 20.4 Å². The highest BCUT2D eigenvalue weighted by atomic mass is 16.6. The topological polar surface area (TPSA) is 64.3 Å². The van der Waals surface area contributed by atoms with Crippen molar-refractivity contribution in [3.63, 3.8) is 0 Å². The van der Waals surface area contributed by atoms with E-state index in [1.165, 1.54) is 0 Å². The number of nitrogens with one attached hydrogen (secondary N) is 1. The summed E-state index contributed by atoms with van der Waals surface area (Å²) in [6.45, 7) is 5.25. The van der Waals surface area contributed by atoms with Gasteiger partial charge in [0.15, 0.2) is 0 Å². The molecule has 0 spiro atoms. The Balaban J connectivity index is 2.50. The molecule has 0 radical (unpaired) electrons. The first-order chi connectivity index (χ1) is 7.61. The second-order valence-electron chi connectivity index (χ2n) is 4.05. The van der Waals surface area contributed by atoms with Crippen LogP contribution in [0.3, 0.4) is 0 Å². The van der Waals surface area contributed by atoms with Gasteiger partial charge in [-0.15, -0.1) is 0 Å². The van der Waals surface area contributed by atoms with Crippen LogP contribution < -0.4 is 11.2 Å². The van der Waals surface area contributed by atoms with Crippen molar-refractivity contribution in [3.05, 3.63) is 35.4 Å². The Morgan fingerprint density at radius 3 is 2.75 bits per heavy atom. The number of amides is 1. The van der Waals surface area contributed by atoms with Crippen molar-refractivity contribution in [2.24, 2.45) is 11.7 Å². The second-order valence-corrected chi connectivity index (χ2v) is 4.05. The van der Waals surface area contributed by atoms with Crippen molar-refractivity contribution in [1.29, 1.82) is 0 Å². The third kappa shape index (κ3) is 4.00. The van der Waals surface area contributed by atoms with Crippen molar-refractivity contribution in [1.82, 2.24) is 5.48 Å². The summed E-state index contributed by atoms with van der Waals surface area (Å²) in [5.41, 5.74) is 9.46. The molecule has 0 aliphatic carbocycles. The van der Waals surface area contributed by atoms with E-state index < -0.39 is 5.91 Å². The highest BCUT2D eigenvalue weighted by molar-refractivity contribution is 5.94. The molecule has 0 saturated carbocycles. The van der Waals surface area contributed by atoms with Gasteiger partial charge in [0.1, 0.15) is 0 Å². The van der Waals surface area contributed by atoms with E-state index in [-0.39, 0.29) is 0 Å². The maximum Gasteiger partial charge on any atom is 0.249 e. The minimum absolute atomic E-state index is 0.416. The highest BCUT2D eigenvalue weighted by Gasteiger charge is 2.06. The Hall–Kier alpha value is -1.39. The Kier molecular flexibility index (Phi) is 4.95. The van der Waals surface area contributed by atoms with Gasteiger partial charge >= 0.3 is 0 Å². The molecule has 3 N–H and O–H groups in total. The molecule has 0 unspecified atom stereocenters. The minimum Gasteiger partial charge on any atom is -0.366 e. The van der Waals surface area contributed by atoms with Gasteiger partial charge in [0.05, 0.1) is 6.61 Å². The summed E-state index contributed by atoms with van der Waals surface area (Å²) in [6, 6.07) is 7.22. The van der Waals surface area contributed by atoms with Gasteiger partial charge in [0.25, 0.3) is 0 Å². The van der Waals surface area contributed by atoms with Crippen LogP contribution in [-0.4, -0.2) is 12.5 Å². The van der Waals surface area contributed by atoms with Crippen LogP contribution >= 0.6 is 0 Å². The van der Waals surface area contributed by atoms with Gasteiger partial charge in [-0.3, -0.25) is 4.79 Å². The molecule has 1 rings (SSSR count). The molecule has 0 saturated heterocycles. The van der Waals surface area contributed by atoms with Gasteiger partial charge in [0, 0.05) is 12.1 Å². The number of hydrogen-bond donors (Lipinski definition) is 2. The van der Waals surface area contributed by atoms with Crippen LogP contribution in [0.5, 0.6) is 0 Å². The Labute approximate surface area is 95.7 Å². The van der Waals surface area contributed by atoms with E-state index >= 15 is 0 Å². The molecule has 88 valence electrons. The Bertz CT molecular complexity index is 351. The first-order valence-corrected chi connectivity index (χ1v) is 5.33. The van der Waals surface area contributed by atoms with Crippen LogP contribution in [0.2, 0.25) is 0 Å². The fraction of sp³-hybridized carbons (Fsp3) is 0.417. The van der Waals surface area contributed by atoms with Gasteiger partial charge < -0.3 is 10.6 Å². The Morgan fingerprint density at radius 1 is 1.44 bits per heavy atom. The summed E-state index contributed by atoms with van der Waals surface area (Å²) in [5.74, 6) is 0.0557. The number of hydrogen-bond acceptors (Lipinski definition) is 3. The fourth-order valence-corrected chi connectivity index (χ4v) is 1.27. The monoisotopic (exact) mass is 222 g/mol. The molecular weight excluding hydrogens is 204 g/mol. The Morgan fingerprint density at radius 2 is 2.12 bits per heavy atom. The van der Waals surface area contributed by atoms with Crippen LogP contribution in [0.25, 0.3) is 0 Å². The SMILES string of the molecule is CC(C)CONCc1ccccc1C(N)=O. The molecule has 0 aromatic heterocycles. The van der Waals surface area contributed by atoms with Crippen LogP contribution in [0.1, 0.15) is 29.8 Å². The predicted molar refractivity (Wildman–Crippen MR) is 62.6 cm³/mol. The van der Waals surface area contributed by atoms with Crippen molar-refractivity contribution >= 4 is 5.91 Å². The molecule has 4 nitrogen and oxygen atoms in total. The zero-order valence-corrected chi connectivity index (χ0v) is 9.69. The van der Waals surface area contributed by atoms with Crippen molar-refractivity contribution in [3.8, 4) is 0 Å². The average molecular weight is 222 g/mol. The first kappa shape index (κ1) is 12.7. The third-order valence-electron chi connectivity index (χ3n) is 2.06. The van der Waals surface area contributed by atoms with Crippen LogP contribution in [0.4, 0.5) is 0 Å². The number of hydroxylamine groups is 1. The van der Waals surface area contributed by atoms with Crippen LogP contribution in [0.15, 0.2) is 24.3 Å². The van der Waals surface area contributed by atoms with E-state index in [2.05, 4.69) is 19.3 Å². The number of rotatable bonds is 6. The third-order valence-corrected chi connectivity index (χ3v) is 2.06. The summed E-state index contributed by atoms with van der Waals surface area (Å²) in [5, 5.41) is 0. The first-order valence-electron chi connectivity index (χ1n) is 5.33. The standard InChI is InChI=1S/C12H18N2O2/c1-9(2)8-16-14-7-10-5-3-4-6-11(10)12(13)15/h3-6,9,14H,7-8H2,1-2H3,(H2,13,15). The lowest BCUT2D eigenvalue weighted by atomic mass is 10.1. The maximum atomic E-state index is 11.1. The van der Waals surface area contributed by atoms with Gasteiger partial charge in [-0.2, -0.15) is 5.48 Å². The molecule has 0 aliphatic rings. The maximum absolute atomic E-state index is 11.1. The normalized spacial score (nSPS) is 10.7. The fourth-order valence-electron chi connectivity index (χ4n) is 1.27. The van der Waals surface area contributed by atoms with Crippen molar-refractivity contribution < 1.29 is 9.63 Å². The zero-order chi connectivity index (χ0) is 12.0. The largest absolute Gasteiger partial charge is 0.366 e. The minimum atomic E-state index is -0.416. The molecule has 1 aromatic carbocycles. The summed E-state index contributed by atoms with van der Waals surface area (Å²) in [7, 11) is 0. The van der Waals surface area contributed by atoms with Gasteiger partial charge in [-0.05, 0) is 17.5 Å². The predicted octanol–water partition coefficient (Wildman–Crippen LogP) is 1.46. The number of benzene rings is 1. The van der Waals surface area contributed by atoms with Gasteiger partial charge in [0.2, 0.25) is 5.91 Å². The summed E-state index contributed by atoms with van der Waals surface area (Å²) in [6.07, 6.45) is 0. The van der Waals surface area contributed by atoms with Crippen LogP contribution in [0, 0.1) is 5.92 Å². The van der Waals surface area contributed by atoms with Gasteiger partial charge in [-0.25, -0.2) is 0 Å². The lowest BCUT2D eigenvalue weighted by molar-refractivity contribution is 0.0195. The molecule has 4 heteroatoms. The number of primary amides is 1. The zero-order valence-electron chi connectivity index (χ0n) is 9.69. The summed E-state index contributed by atoms with van der Waals surface area (Å²) in [4.78, 5) is 16.3. The van der Waals surface area contributed by atoms with E-state index in [0.717, 1.165) is 5.56 Å². The number of nitrogens with two attached hydrogens (primary N) is 1. The van der Waals surface area contributed by atoms with E-state index in [1.807, 2.05) is 12.1 Å². The quantitative estimate of drug-likeness (QED) is 0.565. The van der Waals surface area contributed by atoms with Crippen LogP contribution in [-0.2, 0) is 11.4 Å². The molecule has 0 heterocycles. The molecule has 0 fully saturated rings. The van der Waals surface area contributed by atoms with E-state index in [9.17, 15) is 4.79 Å². The highest BCUT2D eigenvalue weighted by Crippen LogP contribution is 2.07. The smallest absolute Gasteiger partial charge is 0.249 e. The molecular formula is C12H18N2O2. The summed E-state index contributed by atoms with van der Waals surface area (Å²) < 4.78 is 0. The number of carbonyl (C=O) groups excluding carboxylic acids is 1.